The number of alkyl halides is 3. The Morgan fingerprint density at radius 1 is 0.950 bits per heavy atom. The Hall–Kier alpha value is -3.89. The number of nitrogens with one attached hydrogen (secondary N) is 1. The van der Waals surface area contributed by atoms with Crippen molar-refractivity contribution in [2.24, 2.45) is 0 Å². The minimum absolute atomic E-state index is 0.00855. The Labute approximate surface area is 231 Å². The second kappa shape index (κ2) is 10.6. The van der Waals surface area contributed by atoms with E-state index in [0.29, 0.717) is 24.5 Å². The van der Waals surface area contributed by atoms with Crippen molar-refractivity contribution in [3.05, 3.63) is 119 Å². The number of aromatic nitrogens is 1. The molecule has 0 aliphatic carbocycles. The Morgan fingerprint density at radius 2 is 1.70 bits per heavy atom. The Balaban J connectivity index is 1.72. The van der Waals surface area contributed by atoms with Crippen molar-refractivity contribution >= 4 is 15.7 Å². The third-order valence-electron chi connectivity index (χ3n) is 6.99. The van der Waals surface area contributed by atoms with Crippen LogP contribution < -0.4 is 14.4 Å². The summed E-state index contributed by atoms with van der Waals surface area (Å²) in [5, 5.41) is 0. The molecule has 1 aromatic heterocycles. The van der Waals surface area contributed by atoms with E-state index in [1.54, 1.807) is 48.7 Å². The van der Waals surface area contributed by atoms with Gasteiger partial charge in [0.1, 0.15) is 17.9 Å². The topological polar surface area (TPSA) is 71.5 Å². The molecule has 3 aromatic carbocycles. The van der Waals surface area contributed by atoms with Crippen molar-refractivity contribution in [1.82, 2.24) is 9.71 Å². The normalized spacial score (nSPS) is 15.2. The zero-order valence-electron chi connectivity index (χ0n) is 21.9. The van der Waals surface area contributed by atoms with E-state index >= 15 is 0 Å². The zero-order chi connectivity index (χ0) is 28.5. The number of halogens is 3. The molecule has 0 saturated carbocycles. The highest BCUT2D eigenvalue weighted by Gasteiger charge is 2.42. The number of pyridine rings is 1. The lowest BCUT2D eigenvalue weighted by molar-refractivity contribution is -0.137. The van der Waals surface area contributed by atoms with Crippen molar-refractivity contribution in [3.8, 4) is 5.75 Å². The summed E-state index contributed by atoms with van der Waals surface area (Å²) in [5.74, 6) is 0.415. The molecule has 0 bridgehead atoms. The molecule has 2 heterocycles. The summed E-state index contributed by atoms with van der Waals surface area (Å²) >= 11 is 0. The molecule has 1 unspecified atom stereocenters. The average molecular weight is 568 g/mol. The molecule has 4 aromatic rings. The van der Waals surface area contributed by atoms with Crippen LogP contribution in [0.2, 0.25) is 0 Å². The SMILES string of the molecule is Cc1ccc(C(Cc2ccccc2)(NS(=O)(=O)c2ccc3c(c2)OCCN3C)c2cccc(C(F)(F)F)c2)nc1. The van der Waals surface area contributed by atoms with Crippen LogP contribution in [0.25, 0.3) is 0 Å². The first kappa shape index (κ1) is 27.7. The highest BCUT2D eigenvalue weighted by atomic mass is 32.2. The number of benzene rings is 3. The maximum atomic E-state index is 14.1. The van der Waals surface area contributed by atoms with Crippen LogP contribution >= 0.6 is 0 Å². The molecule has 208 valence electrons. The van der Waals surface area contributed by atoms with Crippen LogP contribution in [0.1, 0.15) is 27.9 Å². The molecule has 0 radical (unpaired) electrons. The minimum Gasteiger partial charge on any atom is -0.490 e. The summed E-state index contributed by atoms with van der Waals surface area (Å²) in [6.45, 7) is 2.89. The summed E-state index contributed by atoms with van der Waals surface area (Å²) in [5.41, 5.74) is 0.0835. The first-order chi connectivity index (χ1) is 19.0. The number of sulfonamides is 1. The van der Waals surface area contributed by atoms with Gasteiger partial charge in [-0.3, -0.25) is 4.98 Å². The largest absolute Gasteiger partial charge is 0.490 e. The minimum atomic E-state index is -4.63. The van der Waals surface area contributed by atoms with E-state index in [9.17, 15) is 21.6 Å². The fourth-order valence-corrected chi connectivity index (χ4v) is 6.25. The van der Waals surface area contributed by atoms with E-state index in [1.165, 1.54) is 24.3 Å². The lowest BCUT2D eigenvalue weighted by atomic mass is 9.81. The van der Waals surface area contributed by atoms with Crippen LogP contribution in [-0.4, -0.2) is 33.6 Å². The van der Waals surface area contributed by atoms with Gasteiger partial charge in [0.15, 0.2) is 0 Å². The standard InChI is InChI=1S/C30H28F3N3O3S/c1-21-11-14-28(34-20-21)29(19-22-7-4-3-5-8-22,23-9-6-10-24(17-23)30(31,32)33)35-40(37,38)25-12-13-26-27(18-25)39-16-15-36(26)2/h3-14,17-18,20,35H,15-16,19H2,1-2H3. The van der Waals surface area contributed by atoms with Gasteiger partial charge in [-0.1, -0.05) is 48.5 Å². The van der Waals surface area contributed by atoms with Gasteiger partial charge in [0.25, 0.3) is 0 Å². The summed E-state index contributed by atoms with van der Waals surface area (Å²) in [7, 11) is -2.43. The Morgan fingerprint density at radius 3 is 2.40 bits per heavy atom. The summed E-state index contributed by atoms with van der Waals surface area (Å²) in [4.78, 5) is 6.42. The van der Waals surface area contributed by atoms with E-state index in [-0.39, 0.29) is 22.6 Å². The summed E-state index contributed by atoms with van der Waals surface area (Å²) < 4.78 is 78.2. The number of aryl methyl sites for hydroxylation is 1. The zero-order valence-corrected chi connectivity index (χ0v) is 22.8. The molecule has 1 atom stereocenters. The third kappa shape index (κ3) is 5.55. The van der Waals surface area contributed by atoms with Crippen molar-refractivity contribution in [2.75, 3.05) is 25.1 Å². The monoisotopic (exact) mass is 567 g/mol. The molecule has 0 saturated heterocycles. The second-order valence-electron chi connectivity index (χ2n) is 9.87. The smallest absolute Gasteiger partial charge is 0.416 e. The molecule has 1 aliphatic heterocycles. The van der Waals surface area contributed by atoms with Crippen LogP contribution in [0.5, 0.6) is 5.75 Å². The number of nitrogens with zero attached hydrogens (tertiary/aromatic N) is 2. The van der Waals surface area contributed by atoms with E-state index in [4.69, 9.17) is 4.74 Å². The number of rotatable bonds is 7. The molecular formula is C30H28F3N3O3S. The van der Waals surface area contributed by atoms with E-state index in [0.717, 1.165) is 23.4 Å². The molecule has 10 heteroatoms. The average Bonchev–Trinajstić information content (AvgIpc) is 2.93. The van der Waals surface area contributed by atoms with Gasteiger partial charge >= 0.3 is 6.18 Å². The molecule has 1 N–H and O–H groups in total. The third-order valence-corrected chi connectivity index (χ3v) is 8.48. The van der Waals surface area contributed by atoms with Gasteiger partial charge in [0.2, 0.25) is 10.0 Å². The molecule has 5 rings (SSSR count). The Bertz CT molecular complexity index is 1610. The lowest BCUT2D eigenvalue weighted by Gasteiger charge is -2.36. The number of anilines is 1. The molecule has 6 nitrogen and oxygen atoms in total. The number of fused-ring (bicyclic) bond motifs is 1. The molecule has 1 aliphatic rings. The predicted molar refractivity (Wildman–Crippen MR) is 147 cm³/mol. The highest BCUT2D eigenvalue weighted by molar-refractivity contribution is 7.89. The fourth-order valence-electron chi connectivity index (χ4n) is 4.86. The van der Waals surface area contributed by atoms with Gasteiger partial charge in [-0.05, 0) is 53.9 Å². The molecule has 0 amide bonds. The van der Waals surface area contributed by atoms with Crippen LogP contribution in [0.15, 0.2) is 96.0 Å². The van der Waals surface area contributed by atoms with Gasteiger partial charge in [0.05, 0.1) is 28.4 Å². The number of hydrogen-bond acceptors (Lipinski definition) is 5. The number of likely N-dealkylation sites (N-methyl/N-ethyl adjacent to an activating group) is 1. The molecule has 0 fully saturated rings. The van der Waals surface area contributed by atoms with Crippen molar-refractivity contribution in [2.45, 2.75) is 30.0 Å². The van der Waals surface area contributed by atoms with Crippen molar-refractivity contribution in [1.29, 1.82) is 0 Å². The maximum absolute atomic E-state index is 14.1. The first-order valence-corrected chi connectivity index (χ1v) is 14.1. The highest BCUT2D eigenvalue weighted by Crippen LogP contribution is 2.39. The summed E-state index contributed by atoms with van der Waals surface area (Å²) in [6.07, 6.45) is -3.05. The van der Waals surface area contributed by atoms with Crippen LogP contribution in [0.3, 0.4) is 0 Å². The quantitative estimate of drug-likeness (QED) is 0.310. The van der Waals surface area contributed by atoms with Crippen LogP contribution in [0.4, 0.5) is 18.9 Å². The van der Waals surface area contributed by atoms with E-state index in [2.05, 4.69) is 9.71 Å². The van der Waals surface area contributed by atoms with E-state index in [1.807, 2.05) is 24.9 Å². The van der Waals surface area contributed by atoms with Gasteiger partial charge in [-0.15, -0.1) is 0 Å². The number of ether oxygens (including phenoxy) is 1. The van der Waals surface area contributed by atoms with Crippen molar-refractivity contribution < 1.29 is 26.3 Å². The fraction of sp³-hybridized carbons (Fsp3) is 0.233. The van der Waals surface area contributed by atoms with Gasteiger partial charge in [-0.2, -0.15) is 17.9 Å². The van der Waals surface area contributed by atoms with Gasteiger partial charge < -0.3 is 9.64 Å². The molecule has 40 heavy (non-hydrogen) atoms. The summed E-state index contributed by atoms with van der Waals surface area (Å²) in [6, 6.07) is 21.7. The molecule has 0 spiro atoms. The van der Waals surface area contributed by atoms with Crippen molar-refractivity contribution in [3.63, 3.8) is 0 Å². The predicted octanol–water partition coefficient (Wildman–Crippen LogP) is 5.70. The number of hydrogen-bond donors (Lipinski definition) is 1. The lowest BCUT2D eigenvalue weighted by Crippen LogP contribution is -2.49. The van der Waals surface area contributed by atoms with Crippen LogP contribution in [-0.2, 0) is 28.2 Å². The van der Waals surface area contributed by atoms with Gasteiger partial charge in [0, 0.05) is 25.7 Å². The van der Waals surface area contributed by atoms with E-state index < -0.39 is 27.3 Å². The Kier molecular flexibility index (Phi) is 7.32. The van der Waals surface area contributed by atoms with Gasteiger partial charge in [-0.25, -0.2) is 8.42 Å². The molecular weight excluding hydrogens is 539 g/mol. The van der Waals surface area contributed by atoms with Crippen LogP contribution in [0, 0.1) is 6.92 Å². The first-order valence-electron chi connectivity index (χ1n) is 12.6. The second-order valence-corrected chi connectivity index (χ2v) is 11.6. The maximum Gasteiger partial charge on any atom is 0.416 e.